The van der Waals surface area contributed by atoms with E-state index in [1.807, 2.05) is 0 Å². The maximum absolute atomic E-state index is 9.86. The van der Waals surface area contributed by atoms with Crippen LogP contribution in [0.4, 0.5) is 0 Å². The van der Waals surface area contributed by atoms with Crippen LogP contribution in [0.2, 0.25) is 0 Å². The zero-order valence-corrected chi connectivity index (χ0v) is 9.89. The molecule has 0 radical (unpaired) electrons. The van der Waals surface area contributed by atoms with E-state index in [9.17, 15) is 9.79 Å². The number of unbranched alkanes of at least 4 members (excludes halogenated alkanes) is 2. The molecule has 0 amide bonds. The van der Waals surface area contributed by atoms with Crippen LogP contribution < -0.4 is 0 Å². The molecule has 0 rings (SSSR count). The van der Waals surface area contributed by atoms with Crippen LogP contribution in [-0.4, -0.2) is 28.7 Å². The molecule has 0 aromatic rings. The van der Waals surface area contributed by atoms with E-state index in [4.69, 9.17) is 4.52 Å². The minimum absolute atomic E-state index is 0.328. The Morgan fingerprint density at radius 3 is 1.92 bits per heavy atom. The summed E-state index contributed by atoms with van der Waals surface area (Å²) >= 11 is 0. The van der Waals surface area contributed by atoms with Crippen LogP contribution in [-0.2, 0) is 4.52 Å². The quantitative estimate of drug-likeness (QED) is 0.501. The maximum atomic E-state index is 9.86. The molecule has 13 heavy (non-hydrogen) atoms. The topological polar surface area (TPSA) is 49.7 Å². The van der Waals surface area contributed by atoms with Crippen molar-refractivity contribution in [3.05, 3.63) is 0 Å². The average Bonchev–Trinajstić information content (AvgIpc) is 2.14. The van der Waals surface area contributed by atoms with Gasteiger partial charge in [0.05, 0.1) is 0 Å². The van der Waals surface area contributed by atoms with E-state index in [0.29, 0.717) is 18.9 Å². The summed E-state index contributed by atoms with van der Waals surface area (Å²) in [5.74, 6) is 0. The van der Waals surface area contributed by atoms with Gasteiger partial charge in [0.25, 0.3) is 0 Å². The number of hydrogen-bond donors (Lipinski definition) is 2. The summed E-state index contributed by atoms with van der Waals surface area (Å²) < 4.78 is 5.26. The molecule has 0 unspecified atom stereocenters. The van der Waals surface area contributed by atoms with E-state index in [1.54, 1.807) is 13.8 Å². The predicted octanol–water partition coefficient (Wildman–Crippen LogP) is 2.52. The normalized spacial score (nSPS) is 15.3. The van der Waals surface area contributed by atoms with Gasteiger partial charge in [0.15, 0.2) is 0 Å². The summed E-state index contributed by atoms with van der Waals surface area (Å²) in [5, 5.41) is 0. The van der Waals surface area contributed by atoms with E-state index in [2.05, 4.69) is 6.92 Å². The van der Waals surface area contributed by atoms with Crippen molar-refractivity contribution in [2.24, 2.45) is 0 Å². The Labute approximate surface area is 81.3 Å². The van der Waals surface area contributed by atoms with Crippen LogP contribution in [0.1, 0.15) is 40.0 Å². The van der Waals surface area contributed by atoms with Gasteiger partial charge in [-0.1, -0.05) is 0 Å². The van der Waals surface area contributed by atoms with Gasteiger partial charge in [0.1, 0.15) is 0 Å². The first-order chi connectivity index (χ1) is 5.96. The third-order valence-electron chi connectivity index (χ3n) is 2.41. The van der Waals surface area contributed by atoms with Crippen molar-refractivity contribution in [2.45, 2.75) is 40.0 Å². The Kier molecular flexibility index (Phi) is 5.38. The zero-order valence-electron chi connectivity index (χ0n) is 8.99. The molecule has 3 nitrogen and oxygen atoms in total. The van der Waals surface area contributed by atoms with Crippen molar-refractivity contribution in [3.63, 3.8) is 0 Å². The zero-order chi connectivity index (χ0) is 10.4. The van der Waals surface area contributed by atoms with E-state index < -0.39 is 7.28 Å². The summed E-state index contributed by atoms with van der Waals surface area (Å²) in [5.41, 5.74) is 0. The van der Waals surface area contributed by atoms with Gasteiger partial charge >= 0.3 is 80.6 Å². The Morgan fingerprint density at radius 2 is 1.54 bits per heavy atom. The van der Waals surface area contributed by atoms with Crippen LogP contribution >= 0.6 is 7.28 Å². The van der Waals surface area contributed by atoms with Crippen LogP contribution in [0, 0.1) is 0 Å². The fourth-order valence-corrected chi connectivity index (χ4v) is 2.40. The molecule has 0 aromatic heterocycles. The first-order valence-corrected chi connectivity index (χ1v) is 7.56. The van der Waals surface area contributed by atoms with Crippen molar-refractivity contribution >= 4 is 7.28 Å². The van der Waals surface area contributed by atoms with Gasteiger partial charge in [-0.3, -0.25) is 0 Å². The Balaban J connectivity index is 3.85. The third kappa shape index (κ3) is 4.92. The van der Waals surface area contributed by atoms with Gasteiger partial charge in [-0.05, 0) is 0 Å². The summed E-state index contributed by atoms with van der Waals surface area (Å²) in [7, 11) is -3.71. The van der Waals surface area contributed by atoms with Crippen molar-refractivity contribution in [1.82, 2.24) is 0 Å². The first-order valence-electron chi connectivity index (χ1n) is 5.13. The molecule has 0 saturated heterocycles. The fraction of sp³-hybridized carbons (Fsp3) is 1.00. The van der Waals surface area contributed by atoms with Crippen molar-refractivity contribution in [1.29, 1.82) is 0 Å². The standard InChI is InChI=1S/C9H23O3P/c1-4-7-8-9-12-13(10,11,5-2)6-3/h10-11H,4-9H2,1-3H3. The second-order valence-corrected chi connectivity index (χ2v) is 7.60. The van der Waals surface area contributed by atoms with Crippen LogP contribution in [0.25, 0.3) is 0 Å². The molecule has 0 aromatic carbocycles. The molecular formula is C9H23O3P. The average molecular weight is 210 g/mol. The van der Waals surface area contributed by atoms with E-state index in [1.165, 1.54) is 0 Å². The molecule has 0 fully saturated rings. The van der Waals surface area contributed by atoms with E-state index in [-0.39, 0.29) is 0 Å². The van der Waals surface area contributed by atoms with Gasteiger partial charge < -0.3 is 0 Å². The van der Waals surface area contributed by atoms with Gasteiger partial charge in [0.2, 0.25) is 0 Å². The van der Waals surface area contributed by atoms with Crippen LogP contribution in [0.5, 0.6) is 0 Å². The van der Waals surface area contributed by atoms with E-state index in [0.717, 1.165) is 19.3 Å². The molecule has 0 saturated carbocycles. The molecule has 0 spiro atoms. The molecule has 0 bridgehead atoms. The monoisotopic (exact) mass is 210 g/mol. The summed E-state index contributed by atoms with van der Waals surface area (Å²) in [6.45, 7) is 6.11. The Hall–Kier alpha value is 0.310. The SMILES string of the molecule is CCCCCOP(O)(O)(CC)CC. The van der Waals surface area contributed by atoms with Crippen LogP contribution in [0.15, 0.2) is 0 Å². The molecule has 82 valence electrons. The minimum atomic E-state index is -3.71. The predicted molar refractivity (Wildman–Crippen MR) is 57.9 cm³/mol. The van der Waals surface area contributed by atoms with Gasteiger partial charge in [-0.25, -0.2) is 0 Å². The second kappa shape index (κ2) is 5.26. The Bertz CT molecular complexity index is 140. The second-order valence-electron chi connectivity index (χ2n) is 3.47. The molecule has 0 heterocycles. The molecule has 4 heteroatoms. The molecule has 2 N–H and O–H groups in total. The van der Waals surface area contributed by atoms with Gasteiger partial charge in [0, 0.05) is 0 Å². The van der Waals surface area contributed by atoms with Crippen LogP contribution in [0.3, 0.4) is 0 Å². The number of hydrogen-bond acceptors (Lipinski definition) is 3. The molecule has 0 aliphatic rings. The first kappa shape index (κ1) is 13.3. The molecule has 0 aliphatic carbocycles. The van der Waals surface area contributed by atoms with Gasteiger partial charge in [-0.15, -0.1) is 0 Å². The van der Waals surface area contributed by atoms with E-state index >= 15 is 0 Å². The third-order valence-corrected chi connectivity index (χ3v) is 5.73. The van der Waals surface area contributed by atoms with Crippen molar-refractivity contribution in [3.8, 4) is 0 Å². The Morgan fingerprint density at radius 1 is 1.00 bits per heavy atom. The summed E-state index contributed by atoms with van der Waals surface area (Å²) in [4.78, 5) is 19.7. The van der Waals surface area contributed by atoms with Crippen molar-refractivity contribution < 1.29 is 14.3 Å². The molecule has 0 aliphatic heterocycles. The number of rotatable bonds is 7. The van der Waals surface area contributed by atoms with Gasteiger partial charge in [-0.2, -0.15) is 0 Å². The summed E-state index contributed by atoms with van der Waals surface area (Å²) in [6.07, 6.45) is 3.77. The summed E-state index contributed by atoms with van der Waals surface area (Å²) in [6, 6.07) is 0. The fourth-order valence-electron chi connectivity index (χ4n) is 1.03. The molecular weight excluding hydrogens is 187 g/mol. The molecule has 0 atom stereocenters. The van der Waals surface area contributed by atoms with Crippen molar-refractivity contribution in [2.75, 3.05) is 18.9 Å².